The van der Waals surface area contributed by atoms with Gasteiger partial charge in [0.15, 0.2) is 9.84 Å². The van der Waals surface area contributed by atoms with Crippen molar-refractivity contribution in [3.8, 4) is 11.1 Å². The number of halogens is 3. The molecule has 0 spiro atoms. The Morgan fingerprint density at radius 2 is 1.79 bits per heavy atom. The molecule has 2 aromatic carbocycles. The first-order valence-electron chi connectivity index (χ1n) is 8.35. The van der Waals surface area contributed by atoms with Gasteiger partial charge in [-0.15, -0.1) is 0 Å². The maximum absolute atomic E-state index is 13.6. The molecule has 0 aliphatic rings. The fraction of sp³-hybridized carbons (Fsp3) is 0.316. The first-order chi connectivity index (χ1) is 12.8. The fourth-order valence-electron chi connectivity index (χ4n) is 3.01. The average molecular weight is 412 g/mol. The Morgan fingerprint density at radius 1 is 1.11 bits per heavy atom. The Bertz CT molecular complexity index is 1140. The summed E-state index contributed by atoms with van der Waals surface area (Å²) in [5, 5.41) is 9.98. The predicted octanol–water partition coefficient (Wildman–Crippen LogP) is 3.90. The molecule has 5 nitrogen and oxygen atoms in total. The van der Waals surface area contributed by atoms with Gasteiger partial charge in [0.2, 0.25) is 0 Å². The molecule has 28 heavy (non-hydrogen) atoms. The monoisotopic (exact) mass is 412 g/mol. The summed E-state index contributed by atoms with van der Waals surface area (Å²) in [6.07, 6.45) is -2.33. The van der Waals surface area contributed by atoms with Crippen LogP contribution < -0.4 is 0 Å². The predicted molar refractivity (Wildman–Crippen MR) is 99.6 cm³/mol. The molecular weight excluding hydrogens is 393 g/mol. The minimum atomic E-state index is -4.72. The molecule has 0 bridgehead atoms. The van der Waals surface area contributed by atoms with Crippen LogP contribution in [0.25, 0.3) is 22.2 Å². The number of hydrogen-bond acceptors (Lipinski definition) is 4. The van der Waals surface area contributed by atoms with Gasteiger partial charge in [0.05, 0.1) is 40.0 Å². The van der Waals surface area contributed by atoms with E-state index in [1.54, 1.807) is 24.5 Å². The van der Waals surface area contributed by atoms with Crippen molar-refractivity contribution in [2.75, 3.05) is 6.26 Å². The fourth-order valence-corrected chi connectivity index (χ4v) is 3.66. The highest BCUT2D eigenvalue weighted by Crippen LogP contribution is 2.39. The summed E-state index contributed by atoms with van der Waals surface area (Å²) in [5.74, 6) is 0. The Labute approximate surface area is 160 Å². The molecule has 0 saturated heterocycles. The van der Waals surface area contributed by atoms with Gasteiger partial charge in [-0.05, 0) is 49.2 Å². The molecule has 0 radical (unpaired) electrons. The van der Waals surface area contributed by atoms with Crippen molar-refractivity contribution in [2.45, 2.75) is 37.1 Å². The quantitative estimate of drug-likeness (QED) is 0.706. The lowest BCUT2D eigenvalue weighted by molar-refractivity contribution is -0.137. The largest absolute Gasteiger partial charge is 0.417 e. The van der Waals surface area contributed by atoms with E-state index in [1.165, 1.54) is 18.5 Å². The van der Waals surface area contributed by atoms with E-state index >= 15 is 0 Å². The molecular formula is C19H19F3N2O3S. The Balaban J connectivity index is 2.14. The van der Waals surface area contributed by atoms with Gasteiger partial charge in [-0.2, -0.15) is 13.2 Å². The molecule has 0 aliphatic carbocycles. The topological polar surface area (TPSA) is 72.2 Å². The number of benzene rings is 2. The van der Waals surface area contributed by atoms with Crippen LogP contribution in [0.3, 0.4) is 0 Å². The standard InChI is InChI=1S/C19H19F3N2O3S/c1-18(2,25)10-24-11-23-16-8-12(4-7-17(16)24)14-6-5-13(28(3,26)27)9-15(14)19(20,21)22/h4-9,11,25H,10H2,1-3H3. The van der Waals surface area contributed by atoms with E-state index in [-0.39, 0.29) is 22.6 Å². The van der Waals surface area contributed by atoms with Crippen LogP contribution in [-0.4, -0.2) is 34.9 Å². The van der Waals surface area contributed by atoms with Crippen molar-refractivity contribution in [3.63, 3.8) is 0 Å². The zero-order chi connectivity index (χ0) is 20.9. The SMILES string of the molecule is CC(C)(O)Cn1cnc2cc(-c3ccc(S(C)(=O)=O)cc3C(F)(F)F)ccc21. The summed E-state index contributed by atoms with van der Waals surface area (Å²) in [6, 6.07) is 7.65. The second kappa shape index (κ2) is 6.59. The maximum Gasteiger partial charge on any atom is 0.417 e. The van der Waals surface area contributed by atoms with E-state index in [0.717, 1.165) is 18.4 Å². The lowest BCUT2D eigenvalue weighted by atomic mass is 9.99. The normalized spacial score (nSPS) is 13.2. The van der Waals surface area contributed by atoms with Crippen molar-refractivity contribution >= 4 is 20.9 Å². The summed E-state index contributed by atoms with van der Waals surface area (Å²) in [7, 11) is -3.77. The summed E-state index contributed by atoms with van der Waals surface area (Å²) in [4.78, 5) is 3.82. The van der Waals surface area contributed by atoms with Crippen LogP contribution in [0.1, 0.15) is 19.4 Å². The molecule has 0 saturated carbocycles. The number of aliphatic hydroxyl groups is 1. The van der Waals surface area contributed by atoms with E-state index in [2.05, 4.69) is 4.98 Å². The Hall–Kier alpha value is -2.39. The summed E-state index contributed by atoms with van der Waals surface area (Å²) < 4.78 is 65.7. The zero-order valence-electron chi connectivity index (χ0n) is 15.4. The van der Waals surface area contributed by atoms with Crippen molar-refractivity contribution in [3.05, 3.63) is 48.3 Å². The Morgan fingerprint density at radius 3 is 2.36 bits per heavy atom. The molecule has 3 aromatic rings. The zero-order valence-corrected chi connectivity index (χ0v) is 16.3. The second-order valence-corrected chi connectivity index (χ2v) is 9.38. The smallest absolute Gasteiger partial charge is 0.389 e. The van der Waals surface area contributed by atoms with Gasteiger partial charge in [0.1, 0.15) is 0 Å². The van der Waals surface area contributed by atoms with Crippen LogP contribution in [0.15, 0.2) is 47.6 Å². The summed E-state index contributed by atoms with van der Waals surface area (Å²) in [6.45, 7) is 3.57. The molecule has 0 atom stereocenters. The van der Waals surface area contributed by atoms with E-state index in [9.17, 15) is 26.7 Å². The molecule has 0 aliphatic heterocycles. The third-order valence-electron chi connectivity index (χ3n) is 4.21. The number of hydrogen-bond donors (Lipinski definition) is 1. The van der Waals surface area contributed by atoms with Crippen molar-refractivity contribution in [1.29, 1.82) is 0 Å². The van der Waals surface area contributed by atoms with Gasteiger partial charge in [-0.1, -0.05) is 12.1 Å². The molecule has 0 fully saturated rings. The number of aromatic nitrogens is 2. The third kappa shape index (κ3) is 4.20. The number of nitrogens with zero attached hydrogens (tertiary/aromatic N) is 2. The lowest BCUT2D eigenvalue weighted by Gasteiger charge is -2.18. The minimum absolute atomic E-state index is 0.126. The molecule has 9 heteroatoms. The molecule has 0 unspecified atom stereocenters. The van der Waals surface area contributed by atoms with E-state index in [0.29, 0.717) is 17.1 Å². The first-order valence-corrected chi connectivity index (χ1v) is 10.2. The molecule has 1 heterocycles. The minimum Gasteiger partial charge on any atom is -0.389 e. The van der Waals surface area contributed by atoms with Gasteiger partial charge >= 0.3 is 6.18 Å². The van der Waals surface area contributed by atoms with Crippen LogP contribution in [0.2, 0.25) is 0 Å². The van der Waals surface area contributed by atoms with Gasteiger partial charge in [0, 0.05) is 6.26 Å². The summed E-state index contributed by atoms with van der Waals surface area (Å²) >= 11 is 0. The van der Waals surface area contributed by atoms with E-state index in [1.807, 2.05) is 0 Å². The van der Waals surface area contributed by atoms with Gasteiger partial charge in [-0.3, -0.25) is 0 Å². The van der Waals surface area contributed by atoms with Crippen LogP contribution in [0.5, 0.6) is 0 Å². The highest BCUT2D eigenvalue weighted by atomic mass is 32.2. The van der Waals surface area contributed by atoms with Crippen molar-refractivity contribution in [2.24, 2.45) is 0 Å². The van der Waals surface area contributed by atoms with Crippen molar-refractivity contribution < 1.29 is 26.7 Å². The highest BCUT2D eigenvalue weighted by molar-refractivity contribution is 7.90. The molecule has 1 aromatic heterocycles. The number of sulfone groups is 1. The third-order valence-corrected chi connectivity index (χ3v) is 5.32. The highest BCUT2D eigenvalue weighted by Gasteiger charge is 2.35. The van der Waals surface area contributed by atoms with Crippen LogP contribution in [-0.2, 0) is 22.6 Å². The van der Waals surface area contributed by atoms with E-state index in [4.69, 9.17) is 0 Å². The average Bonchev–Trinajstić information content (AvgIpc) is 2.93. The number of fused-ring (bicyclic) bond motifs is 1. The molecule has 3 rings (SSSR count). The number of rotatable bonds is 4. The Kier molecular flexibility index (Phi) is 4.79. The first kappa shape index (κ1) is 20.3. The second-order valence-electron chi connectivity index (χ2n) is 7.37. The van der Waals surface area contributed by atoms with Crippen LogP contribution >= 0.6 is 0 Å². The number of imidazole rings is 1. The maximum atomic E-state index is 13.6. The lowest BCUT2D eigenvalue weighted by Crippen LogP contribution is -2.25. The molecule has 150 valence electrons. The van der Waals surface area contributed by atoms with Gasteiger partial charge in [-0.25, -0.2) is 13.4 Å². The summed E-state index contributed by atoms with van der Waals surface area (Å²) in [5.41, 5.74) is -0.704. The number of alkyl halides is 3. The van der Waals surface area contributed by atoms with Crippen LogP contribution in [0.4, 0.5) is 13.2 Å². The van der Waals surface area contributed by atoms with Gasteiger partial charge in [0.25, 0.3) is 0 Å². The molecule has 1 N–H and O–H groups in total. The van der Waals surface area contributed by atoms with Crippen LogP contribution in [0, 0.1) is 0 Å². The molecule has 0 amide bonds. The van der Waals surface area contributed by atoms with E-state index < -0.39 is 27.2 Å². The van der Waals surface area contributed by atoms with Crippen molar-refractivity contribution in [1.82, 2.24) is 9.55 Å². The van der Waals surface area contributed by atoms with Gasteiger partial charge < -0.3 is 9.67 Å².